The van der Waals surface area contributed by atoms with Crippen LogP contribution in [0.15, 0.2) is 70.5 Å². The number of likely N-dealkylation sites (tertiary alicyclic amines) is 1. The summed E-state index contributed by atoms with van der Waals surface area (Å²) in [4.78, 5) is 31.5. The zero-order valence-corrected chi connectivity index (χ0v) is 19.9. The van der Waals surface area contributed by atoms with E-state index in [-0.39, 0.29) is 11.2 Å². The second kappa shape index (κ2) is 9.77. The van der Waals surface area contributed by atoms with Gasteiger partial charge in [-0.05, 0) is 61.6 Å². The van der Waals surface area contributed by atoms with Gasteiger partial charge in [-0.25, -0.2) is 4.79 Å². The van der Waals surface area contributed by atoms with Gasteiger partial charge in [0.2, 0.25) is 0 Å². The van der Waals surface area contributed by atoms with Crippen LogP contribution in [0.5, 0.6) is 0 Å². The van der Waals surface area contributed by atoms with Gasteiger partial charge in [-0.3, -0.25) is 13.9 Å². The highest BCUT2D eigenvalue weighted by Gasteiger charge is 2.24. The van der Waals surface area contributed by atoms with E-state index in [9.17, 15) is 14.9 Å². The monoisotopic (exact) mass is 467 g/mol. The standard InChI is InChI=1S/C28H29N5O2/c1-20-17-32(19-21-5-3-2-4-6-21)28(35)33(27(20)34)12-11-31-10-9-23(18-31)13-24-16-30-26-8-7-22(15-29)14-25(24)26/h2-8,14,16-17,23,30H,9-13,18-19H2,1H3. The number of nitrogens with zero attached hydrogens (tertiary/aromatic N) is 4. The SMILES string of the molecule is Cc1cn(Cc2ccccc2)c(=O)n(CCN2CCC(Cc3c[nH]c4ccc(C#N)cc34)C2)c1=O. The first-order chi connectivity index (χ1) is 17.0. The Hall–Kier alpha value is -3.89. The minimum absolute atomic E-state index is 0.206. The molecule has 1 unspecified atom stereocenters. The van der Waals surface area contributed by atoms with E-state index in [1.807, 2.05) is 48.5 Å². The molecular weight excluding hydrogens is 438 g/mol. The van der Waals surface area contributed by atoms with Gasteiger partial charge in [0.05, 0.1) is 18.2 Å². The van der Waals surface area contributed by atoms with E-state index in [1.165, 1.54) is 10.1 Å². The lowest BCUT2D eigenvalue weighted by molar-refractivity contribution is 0.303. The zero-order chi connectivity index (χ0) is 24.4. The van der Waals surface area contributed by atoms with E-state index >= 15 is 0 Å². The summed E-state index contributed by atoms with van der Waals surface area (Å²) in [6.45, 7) is 5.17. The molecule has 7 nitrogen and oxygen atoms in total. The van der Waals surface area contributed by atoms with Crippen molar-refractivity contribution in [2.75, 3.05) is 19.6 Å². The number of rotatable bonds is 7. The van der Waals surface area contributed by atoms with Gasteiger partial charge in [-0.1, -0.05) is 30.3 Å². The smallest absolute Gasteiger partial charge is 0.331 e. The van der Waals surface area contributed by atoms with E-state index in [0.29, 0.717) is 36.7 Å². The van der Waals surface area contributed by atoms with Crippen molar-refractivity contribution < 1.29 is 0 Å². The number of benzene rings is 2. The highest BCUT2D eigenvalue weighted by molar-refractivity contribution is 5.84. The first kappa shape index (κ1) is 22.9. The van der Waals surface area contributed by atoms with Crippen molar-refractivity contribution in [2.45, 2.75) is 32.9 Å². The number of nitrogens with one attached hydrogen (secondary N) is 1. The van der Waals surface area contributed by atoms with E-state index in [2.05, 4.69) is 22.1 Å². The Morgan fingerprint density at radius 2 is 1.94 bits per heavy atom. The summed E-state index contributed by atoms with van der Waals surface area (Å²) < 4.78 is 3.01. The number of aromatic amines is 1. The fraction of sp³-hybridized carbons (Fsp3) is 0.321. The predicted molar refractivity (Wildman–Crippen MR) is 137 cm³/mol. The Balaban J connectivity index is 1.25. The third-order valence-electron chi connectivity index (χ3n) is 7.02. The summed E-state index contributed by atoms with van der Waals surface area (Å²) in [5.74, 6) is 0.503. The normalized spacial score (nSPS) is 16.1. The van der Waals surface area contributed by atoms with Crippen LogP contribution >= 0.6 is 0 Å². The van der Waals surface area contributed by atoms with Gasteiger partial charge < -0.3 is 9.88 Å². The molecule has 1 saturated heterocycles. The molecule has 1 N–H and O–H groups in total. The zero-order valence-electron chi connectivity index (χ0n) is 19.9. The lowest BCUT2D eigenvalue weighted by atomic mass is 9.98. The van der Waals surface area contributed by atoms with Crippen LogP contribution in [0.25, 0.3) is 10.9 Å². The van der Waals surface area contributed by atoms with Gasteiger partial charge in [-0.2, -0.15) is 5.26 Å². The van der Waals surface area contributed by atoms with Crippen molar-refractivity contribution >= 4 is 10.9 Å². The highest BCUT2D eigenvalue weighted by Crippen LogP contribution is 2.26. The number of aromatic nitrogens is 3. The maximum atomic E-state index is 13.1. The van der Waals surface area contributed by atoms with E-state index in [4.69, 9.17) is 0 Å². The van der Waals surface area contributed by atoms with Crippen LogP contribution < -0.4 is 11.2 Å². The maximum absolute atomic E-state index is 13.1. The van der Waals surface area contributed by atoms with Crippen LogP contribution in [-0.2, 0) is 19.5 Å². The van der Waals surface area contributed by atoms with Crippen molar-refractivity contribution in [2.24, 2.45) is 5.92 Å². The van der Waals surface area contributed by atoms with Crippen molar-refractivity contribution in [1.82, 2.24) is 19.0 Å². The van der Waals surface area contributed by atoms with Gasteiger partial charge in [0.15, 0.2) is 0 Å². The average Bonchev–Trinajstić information content (AvgIpc) is 3.50. The van der Waals surface area contributed by atoms with Crippen LogP contribution in [0, 0.1) is 24.2 Å². The molecule has 178 valence electrons. The van der Waals surface area contributed by atoms with Crippen LogP contribution in [0.4, 0.5) is 0 Å². The van der Waals surface area contributed by atoms with Crippen molar-refractivity contribution in [3.8, 4) is 6.07 Å². The van der Waals surface area contributed by atoms with Gasteiger partial charge in [0.25, 0.3) is 5.56 Å². The molecule has 1 aliphatic rings. The fourth-order valence-electron chi connectivity index (χ4n) is 5.14. The van der Waals surface area contributed by atoms with Crippen LogP contribution in [0.1, 0.15) is 28.7 Å². The molecule has 0 bridgehead atoms. The third-order valence-corrected chi connectivity index (χ3v) is 7.02. The fourth-order valence-corrected chi connectivity index (χ4v) is 5.14. The second-order valence-electron chi connectivity index (χ2n) is 9.51. The average molecular weight is 468 g/mol. The summed E-state index contributed by atoms with van der Waals surface area (Å²) in [6, 6.07) is 17.8. The molecule has 0 amide bonds. The Kier molecular flexibility index (Phi) is 6.39. The summed E-state index contributed by atoms with van der Waals surface area (Å²) in [7, 11) is 0. The summed E-state index contributed by atoms with van der Waals surface area (Å²) in [6.07, 6.45) is 5.74. The largest absolute Gasteiger partial charge is 0.361 e. The Labute approximate surface area is 203 Å². The molecule has 4 aromatic rings. The van der Waals surface area contributed by atoms with Crippen molar-refractivity contribution in [3.05, 3.63) is 104 Å². The molecule has 0 saturated carbocycles. The lowest BCUT2D eigenvalue weighted by Gasteiger charge is -2.18. The lowest BCUT2D eigenvalue weighted by Crippen LogP contribution is -2.43. The summed E-state index contributed by atoms with van der Waals surface area (Å²) in [5.41, 5.74) is 4.11. The van der Waals surface area contributed by atoms with Gasteiger partial charge in [-0.15, -0.1) is 0 Å². The number of fused-ring (bicyclic) bond motifs is 1. The molecule has 7 heteroatoms. The number of hydrogen-bond donors (Lipinski definition) is 1. The molecule has 2 aromatic carbocycles. The van der Waals surface area contributed by atoms with E-state index in [0.717, 1.165) is 42.4 Å². The number of aryl methyl sites for hydroxylation is 1. The number of H-pyrrole nitrogens is 1. The Bertz CT molecular complexity index is 1510. The first-order valence-corrected chi connectivity index (χ1v) is 12.1. The molecule has 2 aromatic heterocycles. The minimum atomic E-state index is -0.257. The third kappa shape index (κ3) is 4.84. The van der Waals surface area contributed by atoms with Crippen LogP contribution in [0.2, 0.25) is 0 Å². The molecule has 3 heterocycles. The molecular formula is C28H29N5O2. The van der Waals surface area contributed by atoms with Crippen LogP contribution in [-0.4, -0.2) is 38.7 Å². The quantitative estimate of drug-likeness (QED) is 0.452. The number of hydrogen-bond acceptors (Lipinski definition) is 4. The molecule has 1 atom stereocenters. The minimum Gasteiger partial charge on any atom is -0.361 e. The Morgan fingerprint density at radius 1 is 1.11 bits per heavy atom. The second-order valence-corrected chi connectivity index (χ2v) is 9.51. The molecule has 5 rings (SSSR count). The predicted octanol–water partition coefficient (Wildman–Crippen LogP) is 3.28. The summed E-state index contributed by atoms with van der Waals surface area (Å²) in [5, 5.41) is 10.3. The maximum Gasteiger partial charge on any atom is 0.331 e. The molecule has 1 aliphatic heterocycles. The van der Waals surface area contributed by atoms with Crippen LogP contribution in [0.3, 0.4) is 0 Å². The van der Waals surface area contributed by atoms with Crippen molar-refractivity contribution in [3.63, 3.8) is 0 Å². The molecule has 0 aliphatic carbocycles. The van der Waals surface area contributed by atoms with Gasteiger partial charge in [0, 0.05) is 48.5 Å². The molecule has 0 spiro atoms. The highest BCUT2D eigenvalue weighted by atomic mass is 16.2. The number of nitriles is 1. The van der Waals surface area contributed by atoms with E-state index in [1.54, 1.807) is 17.7 Å². The summed E-state index contributed by atoms with van der Waals surface area (Å²) >= 11 is 0. The topological polar surface area (TPSA) is 86.8 Å². The van der Waals surface area contributed by atoms with Gasteiger partial charge in [0.1, 0.15) is 0 Å². The van der Waals surface area contributed by atoms with Crippen molar-refractivity contribution in [1.29, 1.82) is 5.26 Å². The Morgan fingerprint density at radius 3 is 2.74 bits per heavy atom. The molecule has 1 fully saturated rings. The molecule has 35 heavy (non-hydrogen) atoms. The molecule has 0 radical (unpaired) electrons. The van der Waals surface area contributed by atoms with E-state index < -0.39 is 0 Å². The van der Waals surface area contributed by atoms with Gasteiger partial charge >= 0.3 is 5.69 Å². The first-order valence-electron chi connectivity index (χ1n) is 12.1.